The van der Waals surface area contributed by atoms with Crippen molar-refractivity contribution in [2.45, 2.75) is 25.9 Å². The first-order chi connectivity index (χ1) is 9.10. The Morgan fingerprint density at radius 2 is 2.37 bits per heavy atom. The first-order valence-electron chi connectivity index (χ1n) is 6.19. The minimum Gasteiger partial charge on any atom is -0.493 e. The zero-order valence-corrected chi connectivity index (χ0v) is 11.5. The Bertz CT molecular complexity index is 479. The summed E-state index contributed by atoms with van der Waals surface area (Å²) in [6, 6.07) is 3.08. The van der Waals surface area contributed by atoms with Gasteiger partial charge in [-0.25, -0.2) is 4.79 Å². The van der Waals surface area contributed by atoms with Crippen LogP contribution in [0.2, 0.25) is 5.02 Å². The van der Waals surface area contributed by atoms with Crippen LogP contribution < -0.4 is 15.4 Å². The van der Waals surface area contributed by atoms with Crippen molar-refractivity contribution >= 4 is 17.6 Å². The van der Waals surface area contributed by atoms with Crippen LogP contribution >= 0.6 is 11.6 Å². The highest BCUT2D eigenvalue weighted by Gasteiger charge is 2.18. The first kappa shape index (κ1) is 14.0. The molecule has 19 heavy (non-hydrogen) atoms. The molecule has 0 bridgehead atoms. The Kier molecular flexibility index (Phi) is 4.50. The highest BCUT2D eigenvalue weighted by atomic mass is 35.5. The number of nitrogens with one attached hydrogen (secondary N) is 2. The third-order valence-corrected chi connectivity index (χ3v) is 3.13. The van der Waals surface area contributed by atoms with Crippen molar-refractivity contribution in [2.75, 3.05) is 13.2 Å². The van der Waals surface area contributed by atoms with Crippen molar-refractivity contribution in [3.05, 3.63) is 28.3 Å². The van der Waals surface area contributed by atoms with Crippen molar-refractivity contribution in [1.82, 2.24) is 10.6 Å². The van der Waals surface area contributed by atoms with Gasteiger partial charge < -0.3 is 20.5 Å². The molecule has 0 saturated heterocycles. The zero-order chi connectivity index (χ0) is 13.8. The van der Waals surface area contributed by atoms with Crippen LogP contribution in [0.25, 0.3) is 0 Å². The fraction of sp³-hybridized carbons (Fsp3) is 0.462. The van der Waals surface area contributed by atoms with Crippen molar-refractivity contribution < 1.29 is 14.6 Å². The SMILES string of the molecule is CC(CO)NC(=O)NCc1cc(Cl)cc2c1OCC2. The van der Waals surface area contributed by atoms with E-state index < -0.39 is 0 Å². The van der Waals surface area contributed by atoms with Crippen molar-refractivity contribution in [1.29, 1.82) is 0 Å². The Balaban J connectivity index is 1.98. The molecule has 1 heterocycles. The summed E-state index contributed by atoms with van der Waals surface area (Å²) >= 11 is 6.03. The number of aliphatic hydroxyl groups excluding tert-OH is 1. The molecular formula is C13H17ClN2O3. The molecular weight excluding hydrogens is 268 g/mol. The van der Waals surface area contributed by atoms with E-state index in [9.17, 15) is 4.79 Å². The molecule has 2 rings (SSSR count). The standard InChI is InChI=1S/C13H17ClN2O3/c1-8(7-17)16-13(18)15-6-10-5-11(14)4-9-2-3-19-12(9)10/h4-5,8,17H,2-3,6-7H2,1H3,(H2,15,16,18). The van der Waals surface area contributed by atoms with Gasteiger partial charge in [0.05, 0.1) is 19.3 Å². The molecule has 5 nitrogen and oxygen atoms in total. The quantitative estimate of drug-likeness (QED) is 0.784. The molecule has 1 atom stereocenters. The molecule has 3 N–H and O–H groups in total. The molecule has 104 valence electrons. The average Bonchev–Trinajstić information content (AvgIpc) is 2.83. The van der Waals surface area contributed by atoms with Crippen LogP contribution in [-0.2, 0) is 13.0 Å². The highest BCUT2D eigenvalue weighted by Crippen LogP contribution is 2.32. The lowest BCUT2D eigenvalue weighted by Crippen LogP contribution is -2.41. The summed E-state index contributed by atoms with van der Waals surface area (Å²) in [7, 11) is 0. The number of carbonyl (C=O) groups is 1. The van der Waals surface area contributed by atoms with Crippen molar-refractivity contribution in [2.24, 2.45) is 0 Å². The van der Waals surface area contributed by atoms with Gasteiger partial charge in [0.25, 0.3) is 0 Å². The number of amides is 2. The van der Waals surface area contributed by atoms with E-state index in [0.717, 1.165) is 23.3 Å². The van der Waals surface area contributed by atoms with Gasteiger partial charge in [-0.2, -0.15) is 0 Å². The normalized spacial score (nSPS) is 14.5. The van der Waals surface area contributed by atoms with E-state index in [0.29, 0.717) is 18.2 Å². The fourth-order valence-corrected chi connectivity index (χ4v) is 2.24. The molecule has 0 radical (unpaired) electrons. The summed E-state index contributed by atoms with van der Waals surface area (Å²) in [5.74, 6) is 0.819. The van der Waals surface area contributed by atoms with Gasteiger partial charge in [-0.1, -0.05) is 11.6 Å². The number of fused-ring (bicyclic) bond motifs is 1. The highest BCUT2D eigenvalue weighted by molar-refractivity contribution is 6.30. The van der Waals surface area contributed by atoms with Crippen LogP contribution in [0, 0.1) is 0 Å². The van der Waals surface area contributed by atoms with Crippen LogP contribution in [0.4, 0.5) is 4.79 Å². The number of hydrogen-bond donors (Lipinski definition) is 3. The minimum absolute atomic E-state index is 0.0942. The van der Waals surface area contributed by atoms with Crippen molar-refractivity contribution in [3.63, 3.8) is 0 Å². The third-order valence-electron chi connectivity index (χ3n) is 2.92. The second kappa shape index (κ2) is 6.12. The maximum atomic E-state index is 11.6. The van der Waals surface area contributed by atoms with E-state index in [1.807, 2.05) is 6.07 Å². The maximum Gasteiger partial charge on any atom is 0.315 e. The summed E-state index contributed by atoms with van der Waals surface area (Å²) in [4.78, 5) is 11.6. The van der Waals surface area contributed by atoms with Gasteiger partial charge in [0.2, 0.25) is 0 Å². The minimum atomic E-state index is -0.326. The van der Waals surface area contributed by atoms with E-state index in [1.54, 1.807) is 13.0 Å². The summed E-state index contributed by atoms with van der Waals surface area (Å²) < 4.78 is 5.55. The molecule has 1 aliphatic heterocycles. The number of urea groups is 1. The number of rotatable bonds is 4. The maximum absolute atomic E-state index is 11.6. The van der Waals surface area contributed by atoms with Gasteiger partial charge in [-0.15, -0.1) is 0 Å². The fourth-order valence-electron chi connectivity index (χ4n) is 1.97. The topological polar surface area (TPSA) is 70.6 Å². The van der Waals surface area contributed by atoms with Gasteiger partial charge in [-0.3, -0.25) is 0 Å². The van der Waals surface area contributed by atoms with Gasteiger partial charge in [0.1, 0.15) is 5.75 Å². The molecule has 0 spiro atoms. The number of aliphatic hydroxyl groups is 1. The van der Waals surface area contributed by atoms with Crippen molar-refractivity contribution in [3.8, 4) is 5.75 Å². The second-order valence-electron chi connectivity index (χ2n) is 4.56. The van der Waals surface area contributed by atoms with E-state index in [1.165, 1.54) is 0 Å². The molecule has 2 amide bonds. The molecule has 0 aromatic heterocycles. The number of benzene rings is 1. The van der Waals surface area contributed by atoms with Gasteiger partial charge in [0, 0.05) is 23.6 Å². The van der Waals surface area contributed by atoms with E-state index in [4.69, 9.17) is 21.4 Å². The summed E-state index contributed by atoms with van der Waals surface area (Å²) in [6.07, 6.45) is 0.844. The Morgan fingerprint density at radius 3 is 3.11 bits per heavy atom. The first-order valence-corrected chi connectivity index (χ1v) is 6.57. The Labute approximate surface area is 116 Å². The summed E-state index contributed by atoms with van der Waals surface area (Å²) in [5, 5.41) is 14.8. The summed E-state index contributed by atoms with van der Waals surface area (Å²) in [6.45, 7) is 2.62. The largest absolute Gasteiger partial charge is 0.493 e. The molecule has 0 fully saturated rings. The number of carbonyl (C=O) groups excluding carboxylic acids is 1. The Hall–Kier alpha value is -1.46. The number of ether oxygens (including phenoxy) is 1. The van der Waals surface area contributed by atoms with Crippen LogP contribution in [0.1, 0.15) is 18.1 Å². The van der Waals surface area contributed by atoms with E-state index in [2.05, 4.69) is 10.6 Å². The second-order valence-corrected chi connectivity index (χ2v) is 5.00. The van der Waals surface area contributed by atoms with Gasteiger partial charge >= 0.3 is 6.03 Å². The van der Waals surface area contributed by atoms with Crippen LogP contribution in [-0.4, -0.2) is 30.4 Å². The predicted molar refractivity (Wildman–Crippen MR) is 72.6 cm³/mol. The zero-order valence-electron chi connectivity index (χ0n) is 10.7. The average molecular weight is 285 g/mol. The molecule has 0 saturated carbocycles. The van der Waals surface area contributed by atoms with Crippen LogP contribution in [0.3, 0.4) is 0 Å². The summed E-state index contributed by atoms with van der Waals surface area (Å²) in [5.41, 5.74) is 1.94. The molecule has 1 aromatic rings. The lowest BCUT2D eigenvalue weighted by molar-refractivity contribution is 0.220. The third kappa shape index (κ3) is 3.52. The lowest BCUT2D eigenvalue weighted by atomic mass is 10.1. The van der Waals surface area contributed by atoms with Gasteiger partial charge in [-0.05, 0) is 24.6 Å². The Morgan fingerprint density at radius 1 is 1.58 bits per heavy atom. The molecule has 0 aliphatic carbocycles. The number of hydrogen-bond acceptors (Lipinski definition) is 3. The smallest absolute Gasteiger partial charge is 0.315 e. The molecule has 1 unspecified atom stereocenters. The van der Waals surface area contributed by atoms with E-state index in [-0.39, 0.29) is 18.7 Å². The lowest BCUT2D eigenvalue weighted by Gasteiger charge is -2.13. The van der Waals surface area contributed by atoms with Crippen LogP contribution in [0.5, 0.6) is 5.75 Å². The number of halogens is 1. The predicted octanol–water partition coefficient (Wildman–Crippen LogP) is 1.45. The molecule has 1 aromatic carbocycles. The molecule has 1 aliphatic rings. The van der Waals surface area contributed by atoms with Crippen LogP contribution in [0.15, 0.2) is 12.1 Å². The van der Waals surface area contributed by atoms with Gasteiger partial charge in [0.15, 0.2) is 0 Å². The molecule has 6 heteroatoms. The van der Waals surface area contributed by atoms with E-state index >= 15 is 0 Å². The monoisotopic (exact) mass is 284 g/mol.